The van der Waals surface area contributed by atoms with Crippen LogP contribution in [0.25, 0.3) is 11.4 Å². The molecule has 2 aromatic rings. The van der Waals surface area contributed by atoms with Gasteiger partial charge < -0.3 is 9.47 Å². The maximum Gasteiger partial charge on any atom is 0.159 e. The second kappa shape index (κ2) is 7.37. The molecule has 0 atom stereocenters. The van der Waals surface area contributed by atoms with Crippen molar-refractivity contribution in [1.29, 1.82) is 0 Å². The molecule has 0 N–H and O–H groups in total. The zero-order valence-electron chi connectivity index (χ0n) is 10.8. The minimum Gasteiger partial charge on any atom is -0.491 e. The van der Waals surface area contributed by atoms with E-state index in [0.29, 0.717) is 17.3 Å². The van der Waals surface area contributed by atoms with Crippen LogP contribution in [0, 0.1) is 0 Å². The van der Waals surface area contributed by atoms with E-state index in [2.05, 4.69) is 9.97 Å². The van der Waals surface area contributed by atoms with Crippen molar-refractivity contribution in [3.8, 4) is 22.9 Å². The highest BCUT2D eigenvalue weighted by molar-refractivity contribution is 5.56. The van der Waals surface area contributed by atoms with Crippen molar-refractivity contribution < 1.29 is 18.3 Å². The molecule has 0 saturated carbocycles. The molecule has 0 bridgehead atoms. The van der Waals surface area contributed by atoms with Crippen LogP contribution in [0.2, 0.25) is 0 Å². The van der Waals surface area contributed by atoms with Gasteiger partial charge in [-0.15, -0.1) is 0 Å². The molecule has 0 aliphatic carbocycles. The van der Waals surface area contributed by atoms with Gasteiger partial charge in [0.15, 0.2) is 11.6 Å². The normalized spacial score (nSPS) is 10.3. The lowest BCUT2D eigenvalue weighted by Crippen LogP contribution is -2.00. The number of hydrogen-bond donors (Lipinski definition) is 0. The largest absolute Gasteiger partial charge is 0.491 e. The van der Waals surface area contributed by atoms with Crippen molar-refractivity contribution in [2.45, 2.75) is 0 Å². The van der Waals surface area contributed by atoms with E-state index < -0.39 is 13.3 Å². The molecule has 0 aliphatic rings. The lowest BCUT2D eigenvalue weighted by atomic mass is 10.2. The summed E-state index contributed by atoms with van der Waals surface area (Å²) in [6, 6.07) is 7.01. The van der Waals surface area contributed by atoms with Gasteiger partial charge in [0.1, 0.15) is 32.3 Å². The Balaban J connectivity index is 2.03. The number of nitrogens with zero attached hydrogens (tertiary/aromatic N) is 2. The highest BCUT2D eigenvalue weighted by atomic mass is 19.1. The fourth-order valence-corrected chi connectivity index (χ4v) is 1.55. The number of hydrogen-bond acceptors (Lipinski definition) is 4. The first kappa shape index (κ1) is 14.2. The maximum absolute atomic E-state index is 12.0. The predicted molar refractivity (Wildman–Crippen MR) is 70.4 cm³/mol. The lowest BCUT2D eigenvalue weighted by molar-refractivity contribution is 0.271. The molecule has 0 aliphatic heterocycles. The van der Waals surface area contributed by atoms with Crippen molar-refractivity contribution in [1.82, 2.24) is 9.97 Å². The Bertz CT molecular complexity index is 468. The first-order valence-electron chi connectivity index (χ1n) is 6.13. The summed E-state index contributed by atoms with van der Waals surface area (Å²) in [7, 11) is 0. The molecular weight excluding hydrogens is 266 g/mol. The number of rotatable bonds is 7. The Morgan fingerprint density at radius 2 is 1.35 bits per heavy atom. The van der Waals surface area contributed by atoms with Crippen LogP contribution in [-0.2, 0) is 0 Å². The number of alkyl halides is 2. The topological polar surface area (TPSA) is 44.2 Å². The van der Waals surface area contributed by atoms with Gasteiger partial charge in [0.05, 0.1) is 12.4 Å². The van der Waals surface area contributed by atoms with E-state index >= 15 is 0 Å². The number of ether oxygens (including phenoxy) is 2. The molecule has 6 heteroatoms. The molecule has 0 spiro atoms. The second-order valence-corrected chi connectivity index (χ2v) is 3.84. The van der Waals surface area contributed by atoms with Crippen LogP contribution in [0.3, 0.4) is 0 Å². The number of aromatic nitrogens is 2. The van der Waals surface area contributed by atoms with Crippen LogP contribution < -0.4 is 9.47 Å². The Kier molecular flexibility index (Phi) is 5.23. The molecule has 0 unspecified atom stereocenters. The fraction of sp³-hybridized carbons (Fsp3) is 0.286. The van der Waals surface area contributed by atoms with Gasteiger partial charge in [-0.25, -0.2) is 18.7 Å². The highest BCUT2D eigenvalue weighted by Crippen LogP contribution is 2.20. The summed E-state index contributed by atoms with van der Waals surface area (Å²) in [5.74, 6) is 1.54. The van der Waals surface area contributed by atoms with E-state index in [-0.39, 0.29) is 13.2 Å². The van der Waals surface area contributed by atoms with Gasteiger partial charge in [0.25, 0.3) is 0 Å². The first-order valence-corrected chi connectivity index (χ1v) is 6.13. The number of halogens is 2. The van der Waals surface area contributed by atoms with E-state index in [1.54, 1.807) is 24.3 Å². The molecule has 1 aromatic heterocycles. The van der Waals surface area contributed by atoms with Crippen LogP contribution in [0.15, 0.2) is 36.7 Å². The van der Waals surface area contributed by atoms with Crippen LogP contribution >= 0.6 is 0 Å². The molecule has 2 rings (SSSR count). The minimum atomic E-state index is -0.553. The second-order valence-electron chi connectivity index (χ2n) is 3.84. The van der Waals surface area contributed by atoms with Crippen molar-refractivity contribution >= 4 is 0 Å². The third kappa shape index (κ3) is 3.88. The standard InChI is InChI=1S/C14H14F2N2O2/c15-5-7-19-12-3-1-11(2-4-12)14-17-9-13(10-18-14)20-8-6-16/h1-4,9-10H,5-8H2. The molecular formula is C14H14F2N2O2. The summed E-state index contributed by atoms with van der Waals surface area (Å²) >= 11 is 0. The Morgan fingerprint density at radius 3 is 1.90 bits per heavy atom. The fourth-order valence-electron chi connectivity index (χ4n) is 1.55. The van der Waals surface area contributed by atoms with Crippen molar-refractivity contribution in [3.63, 3.8) is 0 Å². The minimum absolute atomic E-state index is 0.0106. The summed E-state index contributed by atoms with van der Waals surface area (Å²) in [6.45, 7) is -1.05. The predicted octanol–water partition coefficient (Wildman–Crippen LogP) is 2.84. The monoisotopic (exact) mass is 280 g/mol. The van der Waals surface area contributed by atoms with Gasteiger partial charge >= 0.3 is 0 Å². The van der Waals surface area contributed by atoms with Gasteiger partial charge in [0.2, 0.25) is 0 Å². The van der Waals surface area contributed by atoms with Crippen LogP contribution in [0.4, 0.5) is 8.78 Å². The smallest absolute Gasteiger partial charge is 0.159 e. The molecule has 1 aromatic carbocycles. The average Bonchev–Trinajstić information content (AvgIpc) is 2.52. The van der Waals surface area contributed by atoms with Gasteiger partial charge in [-0.1, -0.05) is 0 Å². The molecule has 106 valence electrons. The van der Waals surface area contributed by atoms with Gasteiger partial charge in [-0.2, -0.15) is 0 Å². The summed E-state index contributed by atoms with van der Waals surface area (Å²) in [5.41, 5.74) is 0.801. The highest BCUT2D eigenvalue weighted by Gasteiger charge is 2.03. The molecule has 4 nitrogen and oxygen atoms in total. The van der Waals surface area contributed by atoms with Gasteiger partial charge in [-0.05, 0) is 24.3 Å². The van der Waals surface area contributed by atoms with E-state index in [0.717, 1.165) is 5.56 Å². The van der Waals surface area contributed by atoms with Crippen LogP contribution in [-0.4, -0.2) is 36.5 Å². The van der Waals surface area contributed by atoms with Gasteiger partial charge in [-0.3, -0.25) is 0 Å². The van der Waals surface area contributed by atoms with Crippen molar-refractivity contribution in [2.24, 2.45) is 0 Å². The van der Waals surface area contributed by atoms with E-state index in [4.69, 9.17) is 9.47 Å². The summed E-state index contributed by atoms with van der Waals surface area (Å²) in [5, 5.41) is 0. The quantitative estimate of drug-likeness (QED) is 0.782. The zero-order valence-corrected chi connectivity index (χ0v) is 10.8. The van der Waals surface area contributed by atoms with E-state index in [1.165, 1.54) is 12.4 Å². The SMILES string of the molecule is FCCOc1ccc(-c2ncc(OCCF)cn2)cc1. The average molecular weight is 280 g/mol. The number of benzene rings is 1. The molecule has 1 heterocycles. The maximum atomic E-state index is 12.0. The Labute approximate surface area is 115 Å². The summed E-state index contributed by atoms with van der Waals surface area (Å²) < 4.78 is 34.1. The van der Waals surface area contributed by atoms with E-state index in [1.807, 2.05) is 0 Å². The summed E-state index contributed by atoms with van der Waals surface area (Å²) in [6.07, 6.45) is 2.98. The van der Waals surface area contributed by atoms with Gasteiger partial charge in [0, 0.05) is 5.56 Å². The molecule has 0 radical (unpaired) electrons. The van der Waals surface area contributed by atoms with Crippen LogP contribution in [0.5, 0.6) is 11.5 Å². The first-order chi connectivity index (χ1) is 9.83. The molecule has 20 heavy (non-hydrogen) atoms. The third-order valence-corrected chi connectivity index (χ3v) is 2.43. The Morgan fingerprint density at radius 1 is 0.800 bits per heavy atom. The zero-order chi connectivity index (χ0) is 14.2. The molecule has 0 saturated heterocycles. The van der Waals surface area contributed by atoms with E-state index in [9.17, 15) is 8.78 Å². The molecule has 0 fully saturated rings. The van der Waals surface area contributed by atoms with Crippen molar-refractivity contribution in [2.75, 3.05) is 26.6 Å². The Hall–Kier alpha value is -2.24. The third-order valence-electron chi connectivity index (χ3n) is 2.43. The summed E-state index contributed by atoms with van der Waals surface area (Å²) in [4.78, 5) is 8.27. The lowest BCUT2D eigenvalue weighted by Gasteiger charge is -2.06. The molecule has 0 amide bonds. The van der Waals surface area contributed by atoms with Crippen LogP contribution in [0.1, 0.15) is 0 Å². The van der Waals surface area contributed by atoms with Crippen molar-refractivity contribution in [3.05, 3.63) is 36.7 Å².